The molecule has 0 aromatic heterocycles. The third-order valence-electron chi connectivity index (χ3n) is 6.46. The third-order valence-corrected chi connectivity index (χ3v) is 7.20. The number of benzene rings is 1. The quantitative estimate of drug-likeness (QED) is 0.540. The average molecular weight is 545 g/mol. The molecule has 3 amide bonds. The minimum absolute atomic E-state index is 0.0664. The Morgan fingerprint density at radius 2 is 1.81 bits per heavy atom. The molecule has 0 saturated carbocycles. The summed E-state index contributed by atoms with van der Waals surface area (Å²) in [7, 11) is 1.95. The molecule has 1 aromatic rings. The first kappa shape index (κ1) is 28.1. The lowest BCUT2D eigenvalue weighted by atomic mass is 10.0. The summed E-state index contributed by atoms with van der Waals surface area (Å²) in [5, 5.41) is 3.23. The van der Waals surface area contributed by atoms with Crippen LogP contribution in [0.5, 0.6) is 0 Å². The van der Waals surface area contributed by atoms with Gasteiger partial charge in [-0.3, -0.25) is 19.3 Å². The smallest absolute Gasteiger partial charge is 0.410 e. The predicted molar refractivity (Wildman–Crippen MR) is 133 cm³/mol. The van der Waals surface area contributed by atoms with Crippen LogP contribution in [0.15, 0.2) is 18.2 Å². The maximum absolute atomic E-state index is 13.3. The van der Waals surface area contributed by atoms with Crippen LogP contribution in [0.25, 0.3) is 0 Å². The van der Waals surface area contributed by atoms with E-state index < -0.39 is 36.5 Å². The molecule has 198 valence electrons. The van der Waals surface area contributed by atoms with E-state index in [1.165, 1.54) is 4.90 Å². The molecule has 2 aliphatic rings. The van der Waals surface area contributed by atoms with Gasteiger partial charge in [-0.2, -0.15) is 0 Å². The molecule has 2 heterocycles. The Labute approximate surface area is 219 Å². The largest absolute Gasteiger partial charge is 0.445 e. The fourth-order valence-electron chi connectivity index (χ4n) is 4.25. The number of Topliss-reactive ketones (excluding diaryl/α,β-unsaturated/α-hetero) is 1. The first-order valence-corrected chi connectivity index (χ1v) is 12.7. The van der Waals surface area contributed by atoms with Gasteiger partial charge in [0.25, 0.3) is 0 Å². The first-order chi connectivity index (χ1) is 17.2. The highest BCUT2D eigenvalue weighted by atomic mass is 35.5. The van der Waals surface area contributed by atoms with Gasteiger partial charge in [0, 0.05) is 32.7 Å². The number of carbonyl (C=O) groups excluding carboxylic acids is 4. The molecule has 2 fully saturated rings. The molecule has 0 bridgehead atoms. The van der Waals surface area contributed by atoms with Gasteiger partial charge in [-0.05, 0) is 44.0 Å². The number of piperazine rings is 1. The average Bonchev–Trinajstić information content (AvgIpc) is 2.88. The van der Waals surface area contributed by atoms with E-state index in [1.807, 2.05) is 7.05 Å². The number of nitrogens with one attached hydrogen (secondary N) is 1. The number of piperidine rings is 1. The highest BCUT2D eigenvalue weighted by Crippen LogP contribution is 2.24. The molecule has 0 aliphatic carbocycles. The second-order valence-electron chi connectivity index (χ2n) is 9.06. The molecule has 12 heteroatoms. The molecule has 1 N–H and O–H groups in total. The lowest BCUT2D eigenvalue weighted by Gasteiger charge is -2.35. The van der Waals surface area contributed by atoms with Gasteiger partial charge in [0.05, 0.1) is 22.5 Å². The van der Waals surface area contributed by atoms with E-state index >= 15 is 0 Å². The Kier molecular flexibility index (Phi) is 10.3. The Bertz CT molecular complexity index is 974. The lowest BCUT2D eigenvalue weighted by molar-refractivity contribution is -0.137. The van der Waals surface area contributed by atoms with Gasteiger partial charge in [-0.1, -0.05) is 29.3 Å². The molecule has 2 saturated heterocycles. The molecule has 1 aromatic carbocycles. The van der Waals surface area contributed by atoms with Crippen molar-refractivity contribution in [3.05, 3.63) is 33.8 Å². The number of likely N-dealkylation sites (N-methyl/N-ethyl adjacent to an activating group) is 1. The van der Waals surface area contributed by atoms with Gasteiger partial charge in [-0.15, -0.1) is 0 Å². The van der Waals surface area contributed by atoms with Crippen molar-refractivity contribution in [1.82, 2.24) is 20.0 Å². The zero-order chi connectivity index (χ0) is 26.2. The predicted octanol–water partition coefficient (Wildman–Crippen LogP) is 2.67. The molecule has 3 rings (SSSR count). The molecule has 0 spiro atoms. The van der Waals surface area contributed by atoms with Crippen molar-refractivity contribution in [3.8, 4) is 0 Å². The number of amides is 3. The highest BCUT2D eigenvalue weighted by Gasteiger charge is 2.36. The summed E-state index contributed by atoms with van der Waals surface area (Å²) in [5.41, 5.74) is 0.631. The summed E-state index contributed by atoms with van der Waals surface area (Å²) in [4.78, 5) is 55.8. The summed E-state index contributed by atoms with van der Waals surface area (Å²) < 4.78 is 18.6. The molecular formula is C24H31Cl2FN4O5. The molecule has 36 heavy (non-hydrogen) atoms. The van der Waals surface area contributed by atoms with Crippen LogP contribution < -0.4 is 5.32 Å². The summed E-state index contributed by atoms with van der Waals surface area (Å²) in [5.74, 6) is -1.81. The monoisotopic (exact) mass is 544 g/mol. The highest BCUT2D eigenvalue weighted by molar-refractivity contribution is 6.42. The van der Waals surface area contributed by atoms with E-state index in [4.69, 9.17) is 27.9 Å². The third kappa shape index (κ3) is 7.54. The van der Waals surface area contributed by atoms with Crippen molar-refractivity contribution in [2.24, 2.45) is 0 Å². The zero-order valence-electron chi connectivity index (χ0n) is 20.2. The zero-order valence-corrected chi connectivity index (χ0v) is 21.7. The molecule has 2 atom stereocenters. The second-order valence-corrected chi connectivity index (χ2v) is 9.87. The topological polar surface area (TPSA) is 99.3 Å². The van der Waals surface area contributed by atoms with Crippen LogP contribution in [0, 0.1) is 0 Å². The number of carbonyl (C=O) groups is 4. The Balaban J connectivity index is 1.61. The van der Waals surface area contributed by atoms with Crippen LogP contribution in [0.2, 0.25) is 10.0 Å². The van der Waals surface area contributed by atoms with Crippen LogP contribution in [-0.4, -0.2) is 96.9 Å². The summed E-state index contributed by atoms with van der Waals surface area (Å²) >= 11 is 11.9. The Morgan fingerprint density at radius 1 is 1.08 bits per heavy atom. The van der Waals surface area contributed by atoms with Crippen LogP contribution in [0.3, 0.4) is 0 Å². The van der Waals surface area contributed by atoms with Gasteiger partial charge in [0.15, 0.2) is 5.78 Å². The fraction of sp³-hybridized carbons (Fsp3) is 0.583. The number of hydrogen-bond acceptors (Lipinski definition) is 6. The van der Waals surface area contributed by atoms with E-state index in [9.17, 15) is 23.6 Å². The van der Waals surface area contributed by atoms with Crippen molar-refractivity contribution >= 4 is 46.9 Å². The van der Waals surface area contributed by atoms with Crippen LogP contribution >= 0.6 is 23.2 Å². The van der Waals surface area contributed by atoms with E-state index in [1.54, 1.807) is 23.1 Å². The lowest BCUT2D eigenvalue weighted by Crippen LogP contribution is -2.56. The Morgan fingerprint density at radius 3 is 2.47 bits per heavy atom. The molecular weight excluding hydrogens is 514 g/mol. The van der Waals surface area contributed by atoms with Crippen molar-refractivity contribution in [3.63, 3.8) is 0 Å². The number of ketones is 1. The maximum Gasteiger partial charge on any atom is 0.410 e. The number of hydrogen-bond donors (Lipinski definition) is 1. The van der Waals surface area contributed by atoms with E-state index in [-0.39, 0.29) is 18.9 Å². The van der Waals surface area contributed by atoms with Crippen LogP contribution in [0.1, 0.15) is 31.2 Å². The summed E-state index contributed by atoms with van der Waals surface area (Å²) in [6.07, 6.45) is 0.711. The van der Waals surface area contributed by atoms with Crippen LogP contribution in [0.4, 0.5) is 9.18 Å². The Hall–Kier alpha value is -2.43. The van der Waals surface area contributed by atoms with Gasteiger partial charge in [0.1, 0.15) is 19.3 Å². The number of rotatable bonds is 8. The number of alkyl halides is 1. The van der Waals surface area contributed by atoms with E-state index in [0.717, 1.165) is 0 Å². The van der Waals surface area contributed by atoms with Crippen molar-refractivity contribution in [2.45, 2.75) is 44.4 Å². The van der Waals surface area contributed by atoms with Crippen molar-refractivity contribution in [1.29, 1.82) is 0 Å². The first-order valence-electron chi connectivity index (χ1n) is 11.9. The SMILES string of the molecule is CN1CCN(C(=O)CC(NC(=O)[C@@H]2CCCCN2C(=O)OCc2ccc(Cl)c(Cl)c2)C(=O)CF)CC1. The van der Waals surface area contributed by atoms with Gasteiger partial charge in [0.2, 0.25) is 11.8 Å². The summed E-state index contributed by atoms with van der Waals surface area (Å²) in [6, 6.07) is 2.66. The molecule has 2 aliphatic heterocycles. The van der Waals surface area contributed by atoms with Gasteiger partial charge >= 0.3 is 6.09 Å². The van der Waals surface area contributed by atoms with Crippen LogP contribution in [-0.2, 0) is 25.7 Å². The molecule has 0 radical (unpaired) electrons. The minimum atomic E-state index is -1.30. The van der Waals surface area contributed by atoms with Crippen molar-refractivity contribution in [2.75, 3.05) is 46.4 Å². The number of ether oxygens (including phenoxy) is 1. The van der Waals surface area contributed by atoms with Gasteiger partial charge in [-0.25, -0.2) is 9.18 Å². The minimum Gasteiger partial charge on any atom is -0.445 e. The van der Waals surface area contributed by atoms with E-state index in [2.05, 4.69) is 10.2 Å². The standard InChI is InChI=1S/C24H31Cl2FN4O5/c1-29-8-10-30(11-9-29)22(33)13-19(21(32)14-27)28-23(34)20-4-2-3-7-31(20)24(35)36-15-16-5-6-17(25)18(26)12-16/h5-6,12,19-20H,2-4,7-11,13-15H2,1H3,(H,28,34)/t19?,20-/m0/s1. The van der Waals surface area contributed by atoms with Gasteiger partial charge < -0.3 is 19.9 Å². The van der Waals surface area contributed by atoms with Crippen molar-refractivity contribution < 1.29 is 28.3 Å². The normalized spacial score (nSPS) is 19.5. The number of halogens is 3. The van der Waals surface area contributed by atoms with E-state index in [0.29, 0.717) is 67.6 Å². The summed E-state index contributed by atoms with van der Waals surface area (Å²) in [6.45, 7) is 1.31. The maximum atomic E-state index is 13.3. The fourth-order valence-corrected chi connectivity index (χ4v) is 4.57. The molecule has 9 nitrogen and oxygen atoms in total. The molecule has 1 unspecified atom stereocenters. The second kappa shape index (κ2) is 13.2. The number of likely N-dealkylation sites (tertiary alicyclic amines) is 1. The number of nitrogens with zero attached hydrogens (tertiary/aromatic N) is 3.